The van der Waals surface area contributed by atoms with E-state index in [-0.39, 0.29) is 0 Å². The lowest BCUT2D eigenvalue weighted by atomic mass is 10.0. The summed E-state index contributed by atoms with van der Waals surface area (Å²) in [5, 5.41) is 36.9. The molecule has 0 aromatic carbocycles. The maximum Gasteiger partial charge on any atom is 0.268 e. The first-order valence-corrected chi connectivity index (χ1v) is 5.67. The monoisotopic (exact) mass is 224 g/mol. The van der Waals surface area contributed by atoms with Gasteiger partial charge in [-0.3, -0.25) is 5.73 Å². The number of aliphatic hydroxyl groups excluding tert-OH is 4. The number of aliphatic hydroxyl groups is 4. The first-order chi connectivity index (χ1) is 6.49. The second-order valence-electron chi connectivity index (χ2n) is 3.21. The molecule has 0 aromatic rings. The fraction of sp³-hybridized carbons (Fsp3) is 0.857. The van der Waals surface area contributed by atoms with Crippen LogP contribution in [0.4, 0.5) is 0 Å². The third kappa shape index (κ3) is 2.12. The van der Waals surface area contributed by atoms with Gasteiger partial charge in [0.25, 0.3) is 7.77 Å². The van der Waals surface area contributed by atoms with Crippen molar-refractivity contribution >= 4 is 14.1 Å². The number of nitrogens with two attached hydrogens (primary N) is 1. The molecule has 7 heteroatoms. The molecule has 1 rings (SSSR count). The summed E-state index contributed by atoms with van der Waals surface area (Å²) >= 11 is 0. The van der Waals surface area contributed by atoms with Crippen molar-refractivity contribution in [2.24, 2.45) is 5.73 Å². The van der Waals surface area contributed by atoms with Crippen LogP contribution < -0.4 is 5.73 Å². The standard InChI is InChI=1S/C7H15NO5P/c1-14-7(8)5(12)4(11)6(13-14)3(10)2-9/h3-7,9-12H,1-2,8H2/q+1. The molecule has 0 amide bonds. The van der Waals surface area contributed by atoms with Crippen LogP contribution in [-0.2, 0) is 4.52 Å². The lowest BCUT2D eigenvalue weighted by Crippen LogP contribution is -2.55. The van der Waals surface area contributed by atoms with Gasteiger partial charge in [-0.2, -0.15) is 4.52 Å². The van der Waals surface area contributed by atoms with Crippen LogP contribution in [-0.4, -0.2) is 63.5 Å². The van der Waals surface area contributed by atoms with Gasteiger partial charge >= 0.3 is 0 Å². The topological polar surface area (TPSA) is 116 Å². The van der Waals surface area contributed by atoms with Crippen LogP contribution in [0, 0.1) is 0 Å². The Morgan fingerprint density at radius 2 is 2.00 bits per heavy atom. The molecule has 1 aliphatic heterocycles. The van der Waals surface area contributed by atoms with E-state index in [0.717, 1.165) is 0 Å². The molecule has 1 fully saturated rings. The molecular weight excluding hydrogens is 209 g/mol. The zero-order valence-corrected chi connectivity index (χ0v) is 8.42. The summed E-state index contributed by atoms with van der Waals surface area (Å²) < 4.78 is 5.14. The first-order valence-electron chi connectivity index (χ1n) is 4.16. The minimum Gasteiger partial charge on any atom is -0.394 e. The highest BCUT2D eigenvalue weighted by molar-refractivity contribution is 7.51. The van der Waals surface area contributed by atoms with Crippen molar-refractivity contribution in [2.45, 2.75) is 30.2 Å². The van der Waals surface area contributed by atoms with Gasteiger partial charge in [-0.05, 0) is 0 Å². The maximum absolute atomic E-state index is 9.48. The first kappa shape index (κ1) is 12.0. The largest absolute Gasteiger partial charge is 0.394 e. The smallest absolute Gasteiger partial charge is 0.268 e. The Hall–Kier alpha value is -0.0700. The summed E-state index contributed by atoms with van der Waals surface area (Å²) in [6.07, 6.45) is -1.16. The van der Waals surface area contributed by atoms with E-state index < -0.39 is 44.6 Å². The third-order valence-corrected chi connectivity index (χ3v) is 3.68. The molecule has 0 bridgehead atoms. The van der Waals surface area contributed by atoms with Crippen LogP contribution in [0.1, 0.15) is 0 Å². The molecule has 0 aliphatic carbocycles. The highest BCUT2D eigenvalue weighted by atomic mass is 31.1. The molecule has 0 radical (unpaired) electrons. The SMILES string of the molecule is C=[P+]1OC(C(O)CO)C(O)C(O)C1N. The van der Waals surface area contributed by atoms with Crippen molar-refractivity contribution in [1.29, 1.82) is 0 Å². The highest BCUT2D eigenvalue weighted by Gasteiger charge is 2.49. The van der Waals surface area contributed by atoms with Gasteiger partial charge in [0.05, 0.1) is 6.61 Å². The molecule has 1 saturated heterocycles. The van der Waals surface area contributed by atoms with E-state index >= 15 is 0 Å². The van der Waals surface area contributed by atoms with E-state index in [1.807, 2.05) is 0 Å². The number of hydrogen-bond donors (Lipinski definition) is 5. The van der Waals surface area contributed by atoms with Gasteiger partial charge in [0.2, 0.25) is 5.78 Å². The lowest BCUT2D eigenvalue weighted by Gasteiger charge is -2.31. The molecule has 82 valence electrons. The Bertz CT molecular complexity index is 226. The van der Waals surface area contributed by atoms with E-state index in [1.165, 1.54) is 0 Å². The summed E-state index contributed by atoms with van der Waals surface area (Å²) in [4.78, 5) is 0. The van der Waals surface area contributed by atoms with Crippen molar-refractivity contribution in [2.75, 3.05) is 6.61 Å². The molecule has 6 N–H and O–H groups in total. The minimum atomic E-state index is -1.35. The average Bonchev–Trinajstić information content (AvgIpc) is 2.19. The quantitative estimate of drug-likeness (QED) is 0.333. The Balaban J connectivity index is 2.75. The van der Waals surface area contributed by atoms with Crippen molar-refractivity contribution in [3.05, 3.63) is 0 Å². The zero-order valence-electron chi connectivity index (χ0n) is 7.52. The minimum absolute atomic E-state index is 0.549. The molecule has 6 atom stereocenters. The zero-order chi connectivity index (χ0) is 10.9. The fourth-order valence-corrected chi connectivity index (χ4v) is 2.49. The van der Waals surface area contributed by atoms with Gasteiger partial charge < -0.3 is 20.4 Å². The van der Waals surface area contributed by atoms with E-state index in [2.05, 4.69) is 6.30 Å². The van der Waals surface area contributed by atoms with E-state index in [4.69, 9.17) is 15.4 Å². The Kier molecular flexibility index (Phi) is 3.97. The predicted molar refractivity (Wildman–Crippen MR) is 52.0 cm³/mol. The normalized spacial score (nSPS) is 43.6. The summed E-state index contributed by atoms with van der Waals surface area (Å²) in [5.74, 6) is -0.734. The number of rotatable bonds is 2. The molecule has 1 heterocycles. The second-order valence-corrected chi connectivity index (χ2v) is 4.85. The number of hydrogen-bond acceptors (Lipinski definition) is 6. The van der Waals surface area contributed by atoms with Gasteiger partial charge in [0.1, 0.15) is 24.6 Å². The summed E-state index contributed by atoms with van der Waals surface area (Å²) in [6.45, 7) is -0.549. The second kappa shape index (κ2) is 4.63. The summed E-state index contributed by atoms with van der Waals surface area (Å²) in [5.41, 5.74) is 5.50. The third-order valence-electron chi connectivity index (χ3n) is 2.19. The molecule has 14 heavy (non-hydrogen) atoms. The van der Waals surface area contributed by atoms with Gasteiger partial charge in [-0.25, -0.2) is 0 Å². The van der Waals surface area contributed by atoms with Gasteiger partial charge in [-0.1, -0.05) is 0 Å². The van der Waals surface area contributed by atoms with Gasteiger partial charge in [-0.15, -0.1) is 0 Å². The average molecular weight is 224 g/mol. The van der Waals surface area contributed by atoms with Crippen molar-refractivity contribution in [3.8, 4) is 0 Å². The molecule has 6 unspecified atom stereocenters. The van der Waals surface area contributed by atoms with E-state index in [9.17, 15) is 15.3 Å². The molecule has 1 aliphatic rings. The molecule has 6 nitrogen and oxygen atoms in total. The Morgan fingerprint density at radius 1 is 1.43 bits per heavy atom. The van der Waals surface area contributed by atoms with Crippen LogP contribution in [0.15, 0.2) is 0 Å². The van der Waals surface area contributed by atoms with Crippen molar-refractivity contribution in [3.63, 3.8) is 0 Å². The van der Waals surface area contributed by atoms with Crippen molar-refractivity contribution in [1.82, 2.24) is 0 Å². The molecule has 0 aromatic heterocycles. The van der Waals surface area contributed by atoms with Crippen LogP contribution >= 0.6 is 7.77 Å². The van der Waals surface area contributed by atoms with Crippen LogP contribution in [0.3, 0.4) is 0 Å². The predicted octanol–water partition coefficient (Wildman–Crippen LogP) is -2.43. The van der Waals surface area contributed by atoms with Crippen LogP contribution in [0.25, 0.3) is 0 Å². The van der Waals surface area contributed by atoms with E-state index in [0.29, 0.717) is 0 Å². The lowest BCUT2D eigenvalue weighted by molar-refractivity contribution is -0.112. The molecule has 0 saturated carbocycles. The van der Waals surface area contributed by atoms with Crippen molar-refractivity contribution < 1.29 is 24.9 Å². The highest BCUT2D eigenvalue weighted by Crippen LogP contribution is 2.38. The molecular formula is C7H15NO5P+. The maximum atomic E-state index is 9.48. The van der Waals surface area contributed by atoms with Gasteiger partial charge in [0, 0.05) is 0 Å². The van der Waals surface area contributed by atoms with Crippen LogP contribution in [0.5, 0.6) is 0 Å². The summed E-state index contributed by atoms with van der Waals surface area (Å²) in [7, 11) is -1.35. The molecule has 0 spiro atoms. The van der Waals surface area contributed by atoms with Crippen LogP contribution in [0.2, 0.25) is 0 Å². The Morgan fingerprint density at radius 3 is 2.50 bits per heavy atom. The Labute approximate surface area is 82.4 Å². The van der Waals surface area contributed by atoms with Gasteiger partial charge in [0.15, 0.2) is 6.10 Å². The van der Waals surface area contributed by atoms with E-state index in [1.54, 1.807) is 0 Å². The summed E-state index contributed by atoms with van der Waals surface area (Å²) in [6, 6.07) is 0. The fourth-order valence-electron chi connectivity index (χ4n) is 1.26.